The third kappa shape index (κ3) is 5.44. The summed E-state index contributed by atoms with van der Waals surface area (Å²) < 4.78 is 0. The lowest BCUT2D eigenvalue weighted by Gasteiger charge is -2.32. The summed E-state index contributed by atoms with van der Waals surface area (Å²) >= 11 is 1.60. The third-order valence-corrected chi connectivity index (χ3v) is 6.56. The van der Waals surface area contributed by atoms with Gasteiger partial charge in [0, 0.05) is 23.7 Å². The van der Waals surface area contributed by atoms with Crippen LogP contribution in [0.25, 0.3) is 0 Å². The van der Waals surface area contributed by atoms with Crippen LogP contribution in [0, 0.1) is 26.7 Å². The van der Waals surface area contributed by atoms with E-state index in [-0.39, 0.29) is 11.8 Å². The first-order valence-corrected chi connectivity index (χ1v) is 11.5. The Kier molecular flexibility index (Phi) is 6.56. The number of hydrogen-bond acceptors (Lipinski definition) is 5. The molecule has 2 heterocycles. The van der Waals surface area contributed by atoms with Crippen molar-refractivity contribution in [3.63, 3.8) is 0 Å². The molecule has 1 aliphatic heterocycles. The molecule has 1 aliphatic rings. The van der Waals surface area contributed by atoms with Gasteiger partial charge in [-0.25, -0.2) is 0 Å². The number of rotatable bonds is 5. The van der Waals surface area contributed by atoms with Gasteiger partial charge in [-0.1, -0.05) is 47.2 Å². The predicted molar refractivity (Wildman–Crippen MR) is 127 cm³/mol. The van der Waals surface area contributed by atoms with Gasteiger partial charge in [-0.2, -0.15) is 0 Å². The van der Waals surface area contributed by atoms with Gasteiger partial charge >= 0.3 is 0 Å². The van der Waals surface area contributed by atoms with Gasteiger partial charge in [-0.3, -0.25) is 4.79 Å². The largest absolute Gasteiger partial charge is 0.354 e. The van der Waals surface area contributed by atoms with Crippen LogP contribution < -0.4 is 10.2 Å². The number of anilines is 2. The summed E-state index contributed by atoms with van der Waals surface area (Å²) in [6.45, 7) is 7.73. The topological polar surface area (TPSA) is 58.1 Å². The molecule has 5 nitrogen and oxygen atoms in total. The second-order valence-electron chi connectivity index (χ2n) is 8.24. The zero-order valence-electron chi connectivity index (χ0n) is 18.3. The maximum absolute atomic E-state index is 12.9. The number of piperidine rings is 1. The fourth-order valence-electron chi connectivity index (χ4n) is 3.85. The van der Waals surface area contributed by atoms with Gasteiger partial charge in [-0.05, 0) is 69.5 Å². The van der Waals surface area contributed by atoms with E-state index in [0.29, 0.717) is 6.54 Å². The van der Waals surface area contributed by atoms with Crippen molar-refractivity contribution >= 4 is 29.2 Å². The molecule has 1 N–H and O–H groups in total. The summed E-state index contributed by atoms with van der Waals surface area (Å²) in [4.78, 5) is 16.2. The number of carbonyl (C=O) groups excluding carboxylic acids is 1. The monoisotopic (exact) mass is 432 g/mol. The van der Waals surface area contributed by atoms with Gasteiger partial charge in [-0.15, -0.1) is 10.2 Å². The fraction of sp³-hybridized carbons (Fsp3) is 0.320. The van der Waals surface area contributed by atoms with Crippen molar-refractivity contribution in [3.05, 3.63) is 71.3 Å². The Morgan fingerprint density at radius 3 is 2.48 bits per heavy atom. The summed E-state index contributed by atoms with van der Waals surface area (Å²) in [5, 5.41) is 12.8. The quantitative estimate of drug-likeness (QED) is 0.584. The standard InChI is InChI=1S/C25H28N4OS/c1-17-6-9-21(10-7-17)31-24-13-12-23(27-28-24)29-14-4-5-20(16-29)25(30)26-22-11-8-18(2)15-19(22)3/h6-13,15,20H,4-5,14,16H2,1-3H3,(H,26,30)/t20-/m0/s1. The Morgan fingerprint density at radius 1 is 1.00 bits per heavy atom. The minimum atomic E-state index is -0.0575. The summed E-state index contributed by atoms with van der Waals surface area (Å²) in [5.74, 6) is 0.853. The first kappa shape index (κ1) is 21.4. The number of amides is 1. The van der Waals surface area contributed by atoms with Crippen molar-refractivity contribution in [1.29, 1.82) is 0 Å². The molecule has 1 amide bonds. The molecule has 1 fully saturated rings. The Hall–Kier alpha value is -2.86. The van der Waals surface area contributed by atoms with Crippen LogP contribution >= 0.6 is 11.8 Å². The van der Waals surface area contributed by atoms with Crippen LogP contribution in [-0.4, -0.2) is 29.2 Å². The van der Waals surface area contributed by atoms with Crippen molar-refractivity contribution < 1.29 is 4.79 Å². The average molecular weight is 433 g/mol. The average Bonchev–Trinajstić information content (AvgIpc) is 2.78. The van der Waals surface area contributed by atoms with E-state index in [1.54, 1.807) is 11.8 Å². The van der Waals surface area contributed by atoms with Gasteiger partial charge in [0.25, 0.3) is 0 Å². The highest BCUT2D eigenvalue weighted by atomic mass is 32.2. The lowest BCUT2D eigenvalue weighted by atomic mass is 9.96. The van der Waals surface area contributed by atoms with Crippen molar-refractivity contribution in [2.45, 2.75) is 43.5 Å². The van der Waals surface area contributed by atoms with Crippen LogP contribution in [-0.2, 0) is 4.79 Å². The number of nitrogens with one attached hydrogen (secondary N) is 1. The smallest absolute Gasteiger partial charge is 0.229 e. The number of aryl methyl sites for hydroxylation is 3. The third-order valence-electron chi connectivity index (χ3n) is 5.63. The molecule has 0 radical (unpaired) electrons. The lowest BCUT2D eigenvalue weighted by molar-refractivity contribution is -0.120. The molecule has 2 aromatic carbocycles. The minimum absolute atomic E-state index is 0.0575. The normalized spacial score (nSPS) is 16.2. The molecule has 0 spiro atoms. The molecule has 1 aromatic heterocycles. The number of hydrogen-bond donors (Lipinski definition) is 1. The Bertz CT molecular complexity index is 1050. The molecular formula is C25H28N4OS. The summed E-state index contributed by atoms with van der Waals surface area (Å²) in [6.07, 6.45) is 1.86. The van der Waals surface area contributed by atoms with E-state index in [2.05, 4.69) is 64.6 Å². The second kappa shape index (κ2) is 9.52. The fourth-order valence-corrected chi connectivity index (χ4v) is 4.58. The Labute approximate surface area is 188 Å². The highest BCUT2D eigenvalue weighted by molar-refractivity contribution is 7.99. The van der Waals surface area contributed by atoms with Crippen LogP contribution in [0.5, 0.6) is 0 Å². The zero-order chi connectivity index (χ0) is 21.8. The van der Waals surface area contributed by atoms with Crippen LogP contribution in [0.1, 0.15) is 29.5 Å². The molecule has 160 valence electrons. The van der Waals surface area contributed by atoms with E-state index in [0.717, 1.165) is 46.4 Å². The van der Waals surface area contributed by atoms with E-state index in [1.165, 1.54) is 11.1 Å². The molecule has 0 aliphatic carbocycles. The molecular weight excluding hydrogens is 404 g/mol. The number of nitrogens with zero attached hydrogens (tertiary/aromatic N) is 3. The van der Waals surface area contributed by atoms with Gasteiger partial charge < -0.3 is 10.2 Å². The SMILES string of the molecule is Cc1ccc(Sc2ccc(N3CCC[C@H](C(=O)Nc4ccc(C)cc4C)C3)nn2)cc1. The minimum Gasteiger partial charge on any atom is -0.354 e. The van der Waals surface area contributed by atoms with Gasteiger partial charge in [0.15, 0.2) is 5.82 Å². The summed E-state index contributed by atoms with van der Waals surface area (Å²) in [6, 6.07) is 18.5. The van der Waals surface area contributed by atoms with E-state index in [9.17, 15) is 4.79 Å². The summed E-state index contributed by atoms with van der Waals surface area (Å²) in [5.41, 5.74) is 4.42. The maximum atomic E-state index is 12.9. The lowest BCUT2D eigenvalue weighted by Crippen LogP contribution is -2.41. The highest BCUT2D eigenvalue weighted by Crippen LogP contribution is 2.28. The Balaban J connectivity index is 1.38. The van der Waals surface area contributed by atoms with Crippen LogP contribution in [0.15, 0.2) is 64.5 Å². The molecule has 1 saturated heterocycles. The van der Waals surface area contributed by atoms with Crippen molar-refractivity contribution in [3.8, 4) is 0 Å². The first-order chi connectivity index (χ1) is 15.0. The van der Waals surface area contributed by atoms with E-state index in [1.807, 2.05) is 31.2 Å². The highest BCUT2D eigenvalue weighted by Gasteiger charge is 2.27. The molecule has 31 heavy (non-hydrogen) atoms. The Morgan fingerprint density at radius 2 is 1.77 bits per heavy atom. The molecule has 1 atom stereocenters. The van der Waals surface area contributed by atoms with Crippen molar-refractivity contribution in [1.82, 2.24) is 10.2 Å². The van der Waals surface area contributed by atoms with Crippen LogP contribution in [0.2, 0.25) is 0 Å². The molecule has 0 saturated carbocycles. The first-order valence-electron chi connectivity index (χ1n) is 10.7. The van der Waals surface area contributed by atoms with Gasteiger partial charge in [0.1, 0.15) is 5.03 Å². The van der Waals surface area contributed by atoms with Crippen molar-refractivity contribution in [2.24, 2.45) is 5.92 Å². The zero-order valence-corrected chi connectivity index (χ0v) is 19.1. The molecule has 4 rings (SSSR count). The number of benzene rings is 2. The van der Waals surface area contributed by atoms with Crippen LogP contribution in [0.3, 0.4) is 0 Å². The molecule has 3 aromatic rings. The second-order valence-corrected chi connectivity index (χ2v) is 9.33. The molecule has 0 bridgehead atoms. The van der Waals surface area contributed by atoms with Gasteiger partial charge in [0.05, 0.1) is 5.92 Å². The van der Waals surface area contributed by atoms with E-state index in [4.69, 9.17) is 0 Å². The maximum Gasteiger partial charge on any atom is 0.229 e. The molecule has 0 unspecified atom stereocenters. The van der Waals surface area contributed by atoms with Crippen LogP contribution in [0.4, 0.5) is 11.5 Å². The van der Waals surface area contributed by atoms with Crippen molar-refractivity contribution in [2.75, 3.05) is 23.3 Å². The van der Waals surface area contributed by atoms with E-state index < -0.39 is 0 Å². The summed E-state index contributed by atoms with van der Waals surface area (Å²) in [7, 11) is 0. The van der Waals surface area contributed by atoms with Gasteiger partial charge in [0.2, 0.25) is 5.91 Å². The number of carbonyl (C=O) groups is 1. The predicted octanol–water partition coefficient (Wildman–Crippen LogP) is 5.41. The van der Waals surface area contributed by atoms with E-state index >= 15 is 0 Å². The molecule has 6 heteroatoms. The number of aromatic nitrogens is 2.